The summed E-state index contributed by atoms with van der Waals surface area (Å²) in [4.78, 5) is 12.3. The Morgan fingerprint density at radius 2 is 1.70 bits per heavy atom. The number of ether oxygens (including phenoxy) is 1. The van der Waals surface area contributed by atoms with E-state index in [1.807, 2.05) is 55.5 Å². The Kier molecular flexibility index (Phi) is 5.80. The van der Waals surface area contributed by atoms with Gasteiger partial charge < -0.3 is 10.1 Å². The lowest BCUT2D eigenvalue weighted by atomic mass is 10.0. The van der Waals surface area contributed by atoms with Crippen molar-refractivity contribution in [2.75, 3.05) is 0 Å². The first-order valence-corrected chi connectivity index (χ1v) is 8.07. The average Bonchev–Trinajstić information content (AvgIpc) is 2.54. The van der Waals surface area contributed by atoms with Crippen LogP contribution >= 0.6 is 0 Å². The van der Waals surface area contributed by atoms with E-state index in [-0.39, 0.29) is 5.91 Å². The second-order valence-corrected chi connectivity index (χ2v) is 6.10. The van der Waals surface area contributed by atoms with Gasteiger partial charge in [-0.2, -0.15) is 0 Å². The van der Waals surface area contributed by atoms with Gasteiger partial charge in [0, 0.05) is 6.54 Å². The van der Waals surface area contributed by atoms with Crippen LogP contribution in [0, 0.1) is 6.92 Å². The first-order valence-electron chi connectivity index (χ1n) is 8.07. The van der Waals surface area contributed by atoms with Crippen LogP contribution in [0.1, 0.15) is 43.4 Å². The molecular formula is C20H25NO2. The van der Waals surface area contributed by atoms with Gasteiger partial charge in [-0.15, -0.1) is 0 Å². The van der Waals surface area contributed by atoms with E-state index in [0.29, 0.717) is 12.5 Å². The van der Waals surface area contributed by atoms with Gasteiger partial charge in [-0.25, -0.2) is 0 Å². The van der Waals surface area contributed by atoms with Gasteiger partial charge >= 0.3 is 0 Å². The van der Waals surface area contributed by atoms with E-state index in [0.717, 1.165) is 16.9 Å². The van der Waals surface area contributed by atoms with Crippen molar-refractivity contribution in [2.45, 2.75) is 46.3 Å². The molecule has 1 N–H and O–H groups in total. The van der Waals surface area contributed by atoms with Gasteiger partial charge in [-0.1, -0.05) is 56.3 Å². The summed E-state index contributed by atoms with van der Waals surface area (Å²) in [6.07, 6.45) is -0.529. The fraction of sp³-hybridized carbons (Fsp3) is 0.350. The summed E-state index contributed by atoms with van der Waals surface area (Å²) in [5, 5.41) is 2.94. The smallest absolute Gasteiger partial charge is 0.261 e. The number of hydrogen-bond acceptors (Lipinski definition) is 2. The maximum absolute atomic E-state index is 12.3. The van der Waals surface area contributed by atoms with E-state index in [1.54, 1.807) is 6.92 Å². The molecule has 23 heavy (non-hydrogen) atoms. The molecule has 1 atom stereocenters. The third kappa shape index (κ3) is 4.59. The highest BCUT2D eigenvalue weighted by molar-refractivity contribution is 5.80. The molecule has 0 heterocycles. The maximum atomic E-state index is 12.3. The minimum absolute atomic E-state index is 0.105. The number of aryl methyl sites for hydroxylation is 1. The molecule has 2 rings (SSSR count). The first kappa shape index (κ1) is 17.1. The zero-order chi connectivity index (χ0) is 16.8. The number of rotatable bonds is 6. The average molecular weight is 311 g/mol. The number of carbonyl (C=O) groups is 1. The van der Waals surface area contributed by atoms with E-state index in [4.69, 9.17) is 4.74 Å². The molecule has 3 nitrogen and oxygen atoms in total. The van der Waals surface area contributed by atoms with Gasteiger partial charge in [0.1, 0.15) is 5.75 Å². The van der Waals surface area contributed by atoms with Crippen LogP contribution in [0.25, 0.3) is 0 Å². The predicted octanol–water partition coefficient (Wildman–Crippen LogP) is 4.20. The molecule has 0 saturated heterocycles. The standard InChI is InChI=1S/C20H25NO2/c1-14(2)18-11-7-8-12-19(18)23-16(4)20(22)21-13-17-10-6-5-9-15(17)3/h5-12,14,16H,13H2,1-4H3,(H,21,22). The first-order chi connectivity index (χ1) is 11.0. The largest absolute Gasteiger partial charge is 0.481 e. The molecular weight excluding hydrogens is 286 g/mol. The molecule has 122 valence electrons. The SMILES string of the molecule is Cc1ccccc1CNC(=O)C(C)Oc1ccccc1C(C)C. The van der Waals surface area contributed by atoms with Crippen molar-refractivity contribution < 1.29 is 9.53 Å². The van der Waals surface area contributed by atoms with E-state index < -0.39 is 6.10 Å². The van der Waals surface area contributed by atoms with Crippen LogP contribution < -0.4 is 10.1 Å². The van der Waals surface area contributed by atoms with Crippen molar-refractivity contribution in [1.29, 1.82) is 0 Å². The zero-order valence-electron chi connectivity index (χ0n) is 14.3. The van der Waals surface area contributed by atoms with Gasteiger partial charge in [-0.3, -0.25) is 4.79 Å². The third-order valence-electron chi connectivity index (χ3n) is 3.93. The topological polar surface area (TPSA) is 38.3 Å². The molecule has 0 fully saturated rings. The second kappa shape index (κ2) is 7.82. The van der Waals surface area contributed by atoms with E-state index >= 15 is 0 Å². The predicted molar refractivity (Wildman–Crippen MR) is 93.6 cm³/mol. The Hall–Kier alpha value is -2.29. The number of amides is 1. The minimum atomic E-state index is -0.529. The van der Waals surface area contributed by atoms with Gasteiger partial charge in [0.05, 0.1) is 0 Å². The molecule has 1 unspecified atom stereocenters. The van der Waals surface area contributed by atoms with Crippen LogP contribution in [0.4, 0.5) is 0 Å². The molecule has 2 aromatic rings. The van der Waals surface area contributed by atoms with Crippen LogP contribution in [0.15, 0.2) is 48.5 Å². The van der Waals surface area contributed by atoms with E-state index in [9.17, 15) is 4.79 Å². The molecule has 3 heteroatoms. The summed E-state index contributed by atoms with van der Waals surface area (Å²) in [6, 6.07) is 15.9. The Morgan fingerprint density at radius 1 is 1.04 bits per heavy atom. The zero-order valence-corrected chi connectivity index (χ0v) is 14.3. The van der Waals surface area contributed by atoms with Crippen molar-refractivity contribution in [3.8, 4) is 5.75 Å². The highest BCUT2D eigenvalue weighted by Crippen LogP contribution is 2.26. The molecule has 1 amide bonds. The number of benzene rings is 2. The summed E-state index contributed by atoms with van der Waals surface area (Å²) >= 11 is 0. The highest BCUT2D eigenvalue weighted by Gasteiger charge is 2.17. The summed E-state index contributed by atoms with van der Waals surface area (Å²) in [5.41, 5.74) is 3.41. The molecule has 0 aromatic heterocycles. The summed E-state index contributed by atoms with van der Waals surface area (Å²) in [6.45, 7) is 8.58. The molecule has 0 aliphatic carbocycles. The van der Waals surface area contributed by atoms with Crippen molar-refractivity contribution >= 4 is 5.91 Å². The quantitative estimate of drug-likeness (QED) is 0.868. The Labute approximate surface area is 138 Å². The minimum Gasteiger partial charge on any atom is -0.481 e. The Bertz CT molecular complexity index is 664. The normalized spacial score (nSPS) is 12.0. The lowest BCUT2D eigenvalue weighted by Crippen LogP contribution is -2.36. The number of para-hydroxylation sites is 1. The van der Waals surface area contributed by atoms with Crippen LogP contribution in [0.2, 0.25) is 0 Å². The van der Waals surface area contributed by atoms with Crippen LogP contribution in [0.5, 0.6) is 5.75 Å². The highest BCUT2D eigenvalue weighted by atomic mass is 16.5. The maximum Gasteiger partial charge on any atom is 0.261 e. The van der Waals surface area contributed by atoms with Crippen LogP contribution in [-0.2, 0) is 11.3 Å². The number of carbonyl (C=O) groups excluding carboxylic acids is 1. The van der Waals surface area contributed by atoms with E-state index in [1.165, 1.54) is 5.56 Å². The van der Waals surface area contributed by atoms with Crippen molar-refractivity contribution in [3.05, 3.63) is 65.2 Å². The summed E-state index contributed by atoms with van der Waals surface area (Å²) in [5.74, 6) is 1.03. The monoisotopic (exact) mass is 311 g/mol. The van der Waals surface area contributed by atoms with Crippen molar-refractivity contribution in [1.82, 2.24) is 5.32 Å². The van der Waals surface area contributed by atoms with E-state index in [2.05, 4.69) is 19.2 Å². The lowest BCUT2D eigenvalue weighted by Gasteiger charge is -2.19. The van der Waals surface area contributed by atoms with Crippen molar-refractivity contribution in [3.63, 3.8) is 0 Å². The number of nitrogens with one attached hydrogen (secondary N) is 1. The van der Waals surface area contributed by atoms with Gasteiger partial charge in [0.25, 0.3) is 5.91 Å². The lowest BCUT2D eigenvalue weighted by molar-refractivity contribution is -0.127. The molecule has 0 aliphatic rings. The number of hydrogen-bond donors (Lipinski definition) is 1. The fourth-order valence-corrected chi connectivity index (χ4v) is 2.44. The molecule has 2 aromatic carbocycles. The van der Waals surface area contributed by atoms with Crippen LogP contribution in [0.3, 0.4) is 0 Å². The second-order valence-electron chi connectivity index (χ2n) is 6.10. The van der Waals surface area contributed by atoms with Gasteiger partial charge in [0.15, 0.2) is 6.10 Å². The third-order valence-corrected chi connectivity index (χ3v) is 3.93. The summed E-state index contributed by atoms with van der Waals surface area (Å²) < 4.78 is 5.88. The Balaban J connectivity index is 1.97. The van der Waals surface area contributed by atoms with Gasteiger partial charge in [-0.05, 0) is 42.5 Å². The molecule has 0 aliphatic heterocycles. The van der Waals surface area contributed by atoms with Crippen molar-refractivity contribution in [2.24, 2.45) is 0 Å². The van der Waals surface area contributed by atoms with Gasteiger partial charge in [0.2, 0.25) is 0 Å². The Morgan fingerprint density at radius 3 is 2.39 bits per heavy atom. The van der Waals surface area contributed by atoms with Crippen LogP contribution in [-0.4, -0.2) is 12.0 Å². The molecule has 0 spiro atoms. The molecule has 0 saturated carbocycles. The molecule has 0 radical (unpaired) electrons. The fourth-order valence-electron chi connectivity index (χ4n) is 2.44. The summed E-state index contributed by atoms with van der Waals surface area (Å²) in [7, 11) is 0. The molecule has 0 bridgehead atoms.